The highest BCUT2D eigenvalue weighted by molar-refractivity contribution is 6.31. The van der Waals surface area contributed by atoms with Gasteiger partial charge in [0.15, 0.2) is 0 Å². The molecule has 0 aliphatic carbocycles. The van der Waals surface area contributed by atoms with E-state index >= 15 is 0 Å². The molecule has 1 aliphatic heterocycles. The third-order valence-electron chi connectivity index (χ3n) is 4.99. The van der Waals surface area contributed by atoms with Crippen molar-refractivity contribution in [2.24, 2.45) is 0 Å². The molecule has 0 saturated carbocycles. The van der Waals surface area contributed by atoms with Crippen LogP contribution in [0, 0.1) is 6.92 Å². The summed E-state index contributed by atoms with van der Waals surface area (Å²) >= 11 is 6.17. The van der Waals surface area contributed by atoms with Gasteiger partial charge < -0.3 is 10.0 Å². The molecule has 0 spiro atoms. The van der Waals surface area contributed by atoms with Crippen LogP contribution in [0.4, 0.5) is 14.5 Å². The zero-order chi connectivity index (χ0) is 19.8. The molecule has 0 fully saturated rings. The maximum absolute atomic E-state index is 13.8. The lowest BCUT2D eigenvalue weighted by molar-refractivity contribution is -0.136. The Morgan fingerprint density at radius 1 is 1.26 bits per heavy atom. The summed E-state index contributed by atoms with van der Waals surface area (Å²) in [6, 6.07) is 9.46. The van der Waals surface area contributed by atoms with Crippen LogP contribution in [0.3, 0.4) is 0 Å². The Kier molecular flexibility index (Phi) is 5.43. The number of anilines is 1. The highest BCUT2D eigenvalue weighted by Gasteiger charge is 2.30. The van der Waals surface area contributed by atoms with Crippen molar-refractivity contribution in [3.63, 3.8) is 0 Å². The van der Waals surface area contributed by atoms with Gasteiger partial charge in [-0.25, -0.2) is 8.78 Å². The van der Waals surface area contributed by atoms with Gasteiger partial charge in [0.1, 0.15) is 0 Å². The first-order valence-electron chi connectivity index (χ1n) is 8.91. The van der Waals surface area contributed by atoms with Crippen LogP contribution >= 0.6 is 11.6 Å². The Balaban J connectivity index is 1.81. The largest absolute Gasteiger partial charge is 0.481 e. The number of alkyl halides is 2. The van der Waals surface area contributed by atoms with Gasteiger partial charge in [-0.1, -0.05) is 29.8 Å². The van der Waals surface area contributed by atoms with Gasteiger partial charge in [0, 0.05) is 37.7 Å². The molecule has 0 atom stereocenters. The van der Waals surface area contributed by atoms with Gasteiger partial charge in [0.25, 0.3) is 5.92 Å². The van der Waals surface area contributed by atoms with Crippen LogP contribution in [-0.2, 0) is 30.1 Å². The van der Waals surface area contributed by atoms with Gasteiger partial charge >= 0.3 is 5.97 Å². The summed E-state index contributed by atoms with van der Waals surface area (Å²) in [5, 5.41) is 8.91. The van der Waals surface area contributed by atoms with Crippen molar-refractivity contribution >= 4 is 23.3 Å². The van der Waals surface area contributed by atoms with E-state index in [0.29, 0.717) is 18.5 Å². The van der Waals surface area contributed by atoms with Crippen molar-refractivity contribution in [1.82, 2.24) is 0 Å². The van der Waals surface area contributed by atoms with Gasteiger partial charge in [-0.2, -0.15) is 0 Å². The zero-order valence-electron chi connectivity index (χ0n) is 15.4. The van der Waals surface area contributed by atoms with Gasteiger partial charge in [-0.05, 0) is 54.2 Å². The van der Waals surface area contributed by atoms with E-state index in [1.807, 2.05) is 12.1 Å². The lowest BCUT2D eigenvalue weighted by Gasteiger charge is -2.32. The van der Waals surface area contributed by atoms with Gasteiger partial charge in [0.05, 0.1) is 5.02 Å². The van der Waals surface area contributed by atoms with Gasteiger partial charge in [-0.15, -0.1) is 0 Å². The summed E-state index contributed by atoms with van der Waals surface area (Å²) in [7, 11) is 0. The summed E-state index contributed by atoms with van der Waals surface area (Å²) < 4.78 is 27.5. The molecule has 27 heavy (non-hydrogen) atoms. The molecule has 2 aromatic rings. The first-order chi connectivity index (χ1) is 12.6. The van der Waals surface area contributed by atoms with E-state index in [4.69, 9.17) is 16.7 Å². The highest BCUT2D eigenvalue weighted by atomic mass is 35.5. The summed E-state index contributed by atoms with van der Waals surface area (Å²) in [5.74, 6) is -3.77. The molecule has 1 aliphatic rings. The Morgan fingerprint density at radius 3 is 2.63 bits per heavy atom. The molecule has 2 aromatic carbocycles. The smallest absolute Gasteiger partial charge is 0.303 e. The number of halogens is 3. The van der Waals surface area contributed by atoms with E-state index in [-0.39, 0.29) is 17.0 Å². The molecule has 0 saturated heterocycles. The summed E-state index contributed by atoms with van der Waals surface area (Å²) in [4.78, 5) is 12.9. The van der Waals surface area contributed by atoms with Crippen molar-refractivity contribution in [2.45, 2.75) is 45.6 Å². The van der Waals surface area contributed by atoms with Crippen molar-refractivity contribution in [3.8, 4) is 0 Å². The number of carboxylic acid groups (broad SMARTS) is 1. The second-order valence-corrected chi connectivity index (χ2v) is 7.58. The van der Waals surface area contributed by atoms with E-state index in [1.165, 1.54) is 11.1 Å². The summed E-state index contributed by atoms with van der Waals surface area (Å²) in [5.41, 5.74) is 4.62. The Bertz CT molecular complexity index is 854. The molecule has 0 bridgehead atoms. The number of carboxylic acids is 1. The number of fused-ring (bicyclic) bond motifs is 1. The molecule has 6 heteroatoms. The number of hydrogen-bond donors (Lipinski definition) is 1. The first kappa shape index (κ1) is 19.6. The lowest BCUT2D eigenvalue weighted by Crippen LogP contribution is -2.30. The number of aliphatic carboxylic acids is 1. The number of benzene rings is 2. The molecule has 1 heterocycles. The SMILES string of the molecule is Cc1cc(N2CCc3cc(CCC(=O)O)ccc3C2)cc(Cl)c1C(C)(F)F. The normalized spacial score (nSPS) is 14.2. The van der Waals surface area contributed by atoms with Crippen LogP contribution in [0.2, 0.25) is 5.02 Å². The molecular formula is C21H22ClF2NO2. The third-order valence-corrected chi connectivity index (χ3v) is 5.28. The zero-order valence-corrected chi connectivity index (χ0v) is 16.1. The molecule has 3 nitrogen and oxygen atoms in total. The van der Waals surface area contributed by atoms with Crippen molar-refractivity contribution in [2.75, 3.05) is 11.4 Å². The second kappa shape index (κ2) is 7.47. The second-order valence-electron chi connectivity index (χ2n) is 7.18. The fourth-order valence-electron chi connectivity index (χ4n) is 3.70. The van der Waals surface area contributed by atoms with E-state index in [9.17, 15) is 13.6 Å². The number of nitrogens with zero attached hydrogens (tertiary/aromatic N) is 1. The summed E-state index contributed by atoms with van der Waals surface area (Å²) in [6.07, 6.45) is 1.46. The molecule has 0 unspecified atom stereocenters. The van der Waals surface area contributed by atoms with Crippen molar-refractivity contribution < 1.29 is 18.7 Å². The minimum absolute atomic E-state index is 0.0901. The van der Waals surface area contributed by atoms with E-state index in [1.54, 1.807) is 19.1 Å². The van der Waals surface area contributed by atoms with Gasteiger partial charge in [-0.3, -0.25) is 4.79 Å². The molecular weight excluding hydrogens is 372 g/mol. The van der Waals surface area contributed by atoms with Gasteiger partial charge in [0.2, 0.25) is 0 Å². The van der Waals surface area contributed by atoms with Crippen LogP contribution in [0.25, 0.3) is 0 Å². The monoisotopic (exact) mass is 393 g/mol. The number of aryl methyl sites for hydroxylation is 2. The fourth-order valence-corrected chi connectivity index (χ4v) is 4.12. The average molecular weight is 394 g/mol. The van der Waals surface area contributed by atoms with Crippen LogP contribution < -0.4 is 4.90 Å². The quantitative estimate of drug-likeness (QED) is 0.745. The lowest BCUT2D eigenvalue weighted by atomic mass is 9.95. The molecule has 0 aromatic heterocycles. The van der Waals surface area contributed by atoms with Crippen molar-refractivity contribution in [1.29, 1.82) is 0 Å². The van der Waals surface area contributed by atoms with E-state index in [0.717, 1.165) is 31.1 Å². The fraction of sp³-hybridized carbons (Fsp3) is 0.381. The molecule has 1 N–H and O–H groups in total. The predicted octanol–water partition coefficient (Wildman–Crippen LogP) is 5.34. The Morgan fingerprint density at radius 2 is 2.00 bits per heavy atom. The average Bonchev–Trinajstić information content (AvgIpc) is 2.57. The minimum Gasteiger partial charge on any atom is -0.481 e. The van der Waals surface area contributed by atoms with Crippen LogP contribution in [0.5, 0.6) is 0 Å². The number of carbonyl (C=O) groups is 1. The molecule has 144 valence electrons. The van der Waals surface area contributed by atoms with Crippen LogP contribution in [0.15, 0.2) is 30.3 Å². The minimum atomic E-state index is -2.97. The van der Waals surface area contributed by atoms with Crippen molar-refractivity contribution in [3.05, 3.63) is 63.2 Å². The Hall–Kier alpha value is -2.14. The molecule has 0 radical (unpaired) electrons. The van der Waals surface area contributed by atoms with Crippen LogP contribution in [-0.4, -0.2) is 17.6 Å². The maximum atomic E-state index is 13.8. The molecule has 0 amide bonds. The van der Waals surface area contributed by atoms with E-state index in [2.05, 4.69) is 11.0 Å². The first-order valence-corrected chi connectivity index (χ1v) is 9.29. The van der Waals surface area contributed by atoms with Crippen LogP contribution in [0.1, 0.15) is 41.2 Å². The number of rotatable bonds is 5. The molecule has 3 rings (SSSR count). The summed E-state index contributed by atoms with van der Waals surface area (Å²) in [6.45, 7) is 3.95. The maximum Gasteiger partial charge on any atom is 0.303 e. The highest BCUT2D eigenvalue weighted by Crippen LogP contribution is 2.38. The standard InChI is InChI=1S/C21H22ClF2NO2/c1-13-9-17(11-18(22)20(13)21(2,23)24)25-8-7-15-10-14(4-6-19(26)27)3-5-16(15)12-25/h3,5,9-11H,4,6-8,12H2,1-2H3,(H,26,27). The van der Waals surface area contributed by atoms with E-state index < -0.39 is 11.9 Å². The third kappa shape index (κ3) is 4.41. The topological polar surface area (TPSA) is 40.5 Å². The Labute approximate surface area is 162 Å². The predicted molar refractivity (Wildman–Crippen MR) is 103 cm³/mol. The number of hydrogen-bond acceptors (Lipinski definition) is 2.